The summed E-state index contributed by atoms with van der Waals surface area (Å²) < 4.78 is 43.0. The number of aryl methyl sites for hydroxylation is 1. The highest BCUT2D eigenvalue weighted by Crippen LogP contribution is 2.40. The summed E-state index contributed by atoms with van der Waals surface area (Å²) >= 11 is 0. The molecule has 0 spiro atoms. The number of hydrogen-bond donors (Lipinski definition) is 1. The Balaban J connectivity index is 1.59. The number of para-hydroxylation sites is 1. The first kappa shape index (κ1) is 30.7. The summed E-state index contributed by atoms with van der Waals surface area (Å²) in [5, 5.41) is 1.34. The van der Waals surface area contributed by atoms with E-state index in [-0.39, 0.29) is 23.0 Å². The van der Waals surface area contributed by atoms with Gasteiger partial charge in [-0.25, -0.2) is 13.2 Å². The smallest absolute Gasteiger partial charge is 0.358 e. The van der Waals surface area contributed by atoms with Crippen molar-refractivity contribution in [3.8, 4) is 5.75 Å². The minimum absolute atomic E-state index is 0.00975. The lowest BCUT2D eigenvalue weighted by Gasteiger charge is -2.46. The maximum absolute atomic E-state index is 13.5. The van der Waals surface area contributed by atoms with E-state index in [4.69, 9.17) is 14.2 Å². The zero-order valence-electron chi connectivity index (χ0n) is 23.2. The maximum atomic E-state index is 13.5. The molecule has 1 aliphatic rings. The maximum Gasteiger partial charge on any atom is 0.358 e. The van der Waals surface area contributed by atoms with Gasteiger partial charge in [-0.3, -0.25) is 14.5 Å². The van der Waals surface area contributed by atoms with Gasteiger partial charge in [-0.15, -0.1) is 0 Å². The van der Waals surface area contributed by atoms with E-state index in [1.54, 1.807) is 66.7 Å². The molecule has 1 saturated heterocycles. The van der Waals surface area contributed by atoms with Crippen molar-refractivity contribution < 1.29 is 37.0 Å². The van der Waals surface area contributed by atoms with Crippen LogP contribution in [-0.4, -0.2) is 56.2 Å². The Labute approximate surface area is 248 Å². The third-order valence-corrected chi connectivity index (χ3v) is 10.0. The number of likely N-dealkylation sites (tertiary alicyclic amines) is 1. The fourth-order valence-corrected chi connectivity index (χ4v) is 7.47. The third-order valence-electron chi connectivity index (χ3n) is 6.29. The van der Waals surface area contributed by atoms with Crippen molar-refractivity contribution in [1.29, 1.82) is 0 Å². The number of allylic oxidation sites excluding steroid dienone is 1. The van der Waals surface area contributed by atoms with Crippen LogP contribution in [0.4, 0.5) is 0 Å². The van der Waals surface area contributed by atoms with Crippen LogP contribution in [0.3, 0.4) is 0 Å². The van der Waals surface area contributed by atoms with Gasteiger partial charge in [0.1, 0.15) is 29.5 Å². The van der Waals surface area contributed by atoms with Gasteiger partial charge in [0.15, 0.2) is 12.3 Å². The van der Waals surface area contributed by atoms with Gasteiger partial charge in [0.05, 0.1) is 12.0 Å². The van der Waals surface area contributed by atoms with Crippen molar-refractivity contribution >= 4 is 37.4 Å². The van der Waals surface area contributed by atoms with Crippen LogP contribution in [0.2, 0.25) is 0 Å². The zero-order valence-corrected chi connectivity index (χ0v) is 24.8. The number of methoxy groups -OCH3 is 1. The monoisotopic (exact) mass is 610 g/mol. The fourth-order valence-electron chi connectivity index (χ4n) is 4.00. The molecule has 2 atom stereocenters. The molecule has 1 fully saturated rings. The molecule has 2 unspecified atom stereocenters. The van der Waals surface area contributed by atoms with Crippen LogP contribution in [0.25, 0.3) is 0 Å². The van der Waals surface area contributed by atoms with Gasteiger partial charge in [-0.2, -0.15) is 0 Å². The first-order valence-corrected chi connectivity index (χ1v) is 15.7. The van der Waals surface area contributed by atoms with Crippen molar-refractivity contribution in [3.05, 3.63) is 108 Å². The number of amides is 2. The molecule has 3 aromatic rings. The second kappa shape index (κ2) is 13.6. The summed E-state index contributed by atoms with van der Waals surface area (Å²) in [5.41, 5.74) is 1.32. The Morgan fingerprint density at radius 1 is 0.952 bits per heavy atom. The molecule has 220 valence electrons. The molecular formula is C30H30N2O8S2. The second-order valence-electron chi connectivity index (χ2n) is 9.28. The van der Waals surface area contributed by atoms with Gasteiger partial charge in [0.25, 0.3) is 11.8 Å². The predicted molar refractivity (Wildman–Crippen MR) is 156 cm³/mol. The van der Waals surface area contributed by atoms with E-state index in [0.717, 1.165) is 10.5 Å². The lowest BCUT2D eigenvalue weighted by Crippen LogP contribution is -2.70. The summed E-state index contributed by atoms with van der Waals surface area (Å²) in [6.45, 7) is 2.79. The van der Waals surface area contributed by atoms with E-state index in [1.807, 2.05) is 13.0 Å². The molecular weight excluding hydrogens is 580 g/mol. The number of nitrogens with zero attached hydrogens (tertiary/aromatic N) is 1. The Kier molecular flexibility index (Phi) is 9.92. The van der Waals surface area contributed by atoms with Gasteiger partial charge in [0, 0.05) is 10.8 Å². The standard InChI is InChI=1S/C30H30N2O8S2/c1-20-14-16-24(17-15-20)42(36,37)41-29-26(31-25(33)19-39-23-12-8-5-9-13-23)28(34)32(29)27(21(2)38-3)30(35)40-18-22-10-6-4-7-11-22/h4-17,26,29H,18-19H2,1-3H3,(H,31,33). The number of esters is 1. The highest BCUT2D eigenvalue weighted by atomic mass is 33.1. The van der Waals surface area contributed by atoms with Gasteiger partial charge < -0.3 is 19.5 Å². The topological polar surface area (TPSA) is 128 Å². The van der Waals surface area contributed by atoms with Gasteiger partial charge >= 0.3 is 5.97 Å². The van der Waals surface area contributed by atoms with Crippen molar-refractivity contribution in [3.63, 3.8) is 0 Å². The van der Waals surface area contributed by atoms with Crippen LogP contribution in [0.5, 0.6) is 5.75 Å². The molecule has 1 N–H and O–H groups in total. The van der Waals surface area contributed by atoms with Crippen LogP contribution in [-0.2, 0) is 39.3 Å². The van der Waals surface area contributed by atoms with Crippen molar-refractivity contribution in [2.45, 2.75) is 36.8 Å². The molecule has 3 aromatic carbocycles. The Bertz CT molecular complexity index is 1560. The zero-order chi connectivity index (χ0) is 30.3. The van der Waals surface area contributed by atoms with Crippen LogP contribution in [0.15, 0.2) is 101 Å². The van der Waals surface area contributed by atoms with E-state index < -0.39 is 44.7 Å². The molecule has 10 nitrogen and oxygen atoms in total. The number of hydrogen-bond acceptors (Lipinski definition) is 9. The Morgan fingerprint density at radius 3 is 2.19 bits per heavy atom. The third kappa shape index (κ3) is 7.31. The van der Waals surface area contributed by atoms with E-state index >= 15 is 0 Å². The minimum atomic E-state index is -4.04. The molecule has 1 heterocycles. The molecule has 0 saturated carbocycles. The molecule has 0 radical (unpaired) electrons. The predicted octanol–water partition coefficient (Wildman–Crippen LogP) is 3.77. The molecule has 1 aliphatic heterocycles. The highest BCUT2D eigenvalue weighted by molar-refractivity contribution is 8.72. The summed E-state index contributed by atoms with van der Waals surface area (Å²) in [4.78, 5) is 40.5. The van der Waals surface area contributed by atoms with Crippen LogP contribution >= 0.6 is 10.8 Å². The minimum Gasteiger partial charge on any atom is -0.499 e. The van der Waals surface area contributed by atoms with Crippen LogP contribution in [0, 0.1) is 6.92 Å². The molecule has 0 aliphatic carbocycles. The summed E-state index contributed by atoms with van der Waals surface area (Å²) in [6.07, 6.45) is 0. The average Bonchev–Trinajstić information content (AvgIpc) is 3.00. The second-order valence-corrected chi connectivity index (χ2v) is 13.2. The number of rotatable bonds is 12. The van der Waals surface area contributed by atoms with Crippen LogP contribution < -0.4 is 10.1 Å². The largest absolute Gasteiger partial charge is 0.499 e. The molecule has 42 heavy (non-hydrogen) atoms. The Hall–Kier alpha value is -4.29. The number of benzene rings is 3. The fraction of sp³-hybridized carbons (Fsp3) is 0.233. The van der Waals surface area contributed by atoms with E-state index in [1.165, 1.54) is 26.2 Å². The van der Waals surface area contributed by atoms with Gasteiger partial charge in [-0.1, -0.05) is 66.2 Å². The number of β-lactam (4-membered cyclic amide) rings is 1. The van der Waals surface area contributed by atoms with E-state index in [9.17, 15) is 22.8 Å². The average molecular weight is 611 g/mol. The number of nitrogens with one attached hydrogen (secondary N) is 1. The number of carbonyl (C=O) groups is 3. The van der Waals surface area contributed by atoms with Gasteiger partial charge in [0.2, 0.25) is 8.87 Å². The molecule has 2 amide bonds. The first-order valence-electron chi connectivity index (χ1n) is 12.9. The van der Waals surface area contributed by atoms with Crippen molar-refractivity contribution in [2.24, 2.45) is 0 Å². The molecule has 12 heteroatoms. The number of carbonyl (C=O) groups excluding carboxylic acids is 3. The highest BCUT2D eigenvalue weighted by Gasteiger charge is 2.54. The number of ether oxygens (including phenoxy) is 3. The van der Waals surface area contributed by atoms with Crippen molar-refractivity contribution in [1.82, 2.24) is 10.2 Å². The Morgan fingerprint density at radius 2 is 1.57 bits per heavy atom. The van der Waals surface area contributed by atoms with E-state index in [0.29, 0.717) is 22.1 Å². The molecule has 0 bridgehead atoms. The lowest BCUT2D eigenvalue weighted by atomic mass is 10.1. The van der Waals surface area contributed by atoms with Gasteiger partial charge in [-0.05, 0) is 43.7 Å². The molecule has 0 aromatic heterocycles. The first-order chi connectivity index (χ1) is 20.1. The normalized spacial score (nSPS) is 17.0. The SMILES string of the molecule is COC(C)=C(C(=O)OCc1ccccc1)N1C(=O)C(NC(=O)COc2ccccc2)C1SS(=O)(=O)c1ccc(C)cc1. The summed E-state index contributed by atoms with van der Waals surface area (Å²) in [7, 11) is -2.29. The summed E-state index contributed by atoms with van der Waals surface area (Å²) in [6, 6.07) is 22.5. The summed E-state index contributed by atoms with van der Waals surface area (Å²) in [5.74, 6) is -1.75. The lowest BCUT2D eigenvalue weighted by molar-refractivity contribution is -0.153. The van der Waals surface area contributed by atoms with Crippen LogP contribution in [0.1, 0.15) is 18.1 Å². The quantitative estimate of drug-likeness (QED) is 0.107. The van der Waals surface area contributed by atoms with Crippen molar-refractivity contribution in [2.75, 3.05) is 13.7 Å². The molecule has 4 rings (SSSR count). The van der Waals surface area contributed by atoms with E-state index in [2.05, 4.69) is 5.32 Å².